The summed E-state index contributed by atoms with van der Waals surface area (Å²) in [5.41, 5.74) is 10.3. The first kappa shape index (κ1) is 26.8. The number of rotatable bonds is 3. The van der Waals surface area contributed by atoms with Crippen LogP contribution in [0.5, 0.6) is 0 Å². The molecule has 6 aromatic carbocycles. The monoisotopic (exact) mass is 635 g/mol. The van der Waals surface area contributed by atoms with Gasteiger partial charge in [-0.25, -0.2) is 15.0 Å². The predicted octanol–water partition coefficient (Wildman–Crippen LogP) is 10.9. The Labute approximate surface area is 280 Å². The van der Waals surface area contributed by atoms with Gasteiger partial charge < -0.3 is 0 Å². The third kappa shape index (κ3) is 3.97. The number of hydrogen-bond acceptors (Lipinski definition) is 5. The van der Waals surface area contributed by atoms with Crippen molar-refractivity contribution in [1.82, 2.24) is 15.0 Å². The SMILES string of the molecule is c1ccc(-c2nc(-c3ccccc3)nc(-c3ccc4c(c3)C3(c5ccccc5S4)c4ccccc4-c4cc5ccsc5cc43)n2)cc1. The molecule has 0 radical (unpaired) electrons. The Balaban J connectivity index is 1.27. The van der Waals surface area contributed by atoms with E-state index in [4.69, 9.17) is 15.0 Å². The maximum atomic E-state index is 5.10. The molecule has 0 saturated carbocycles. The van der Waals surface area contributed by atoms with Gasteiger partial charge in [0.25, 0.3) is 0 Å². The van der Waals surface area contributed by atoms with Gasteiger partial charge in [0.05, 0.1) is 5.41 Å². The van der Waals surface area contributed by atoms with E-state index < -0.39 is 5.41 Å². The van der Waals surface area contributed by atoms with Gasteiger partial charge in [0.15, 0.2) is 17.5 Å². The van der Waals surface area contributed by atoms with Crippen LogP contribution in [-0.2, 0) is 5.41 Å². The van der Waals surface area contributed by atoms with Crippen LogP contribution in [0.1, 0.15) is 22.3 Å². The average Bonchev–Trinajstić information content (AvgIpc) is 3.72. The van der Waals surface area contributed by atoms with E-state index in [0.717, 1.165) is 16.7 Å². The molecule has 1 atom stereocenters. The Morgan fingerprint density at radius 1 is 0.426 bits per heavy atom. The van der Waals surface area contributed by atoms with Crippen molar-refractivity contribution in [3.63, 3.8) is 0 Å². The van der Waals surface area contributed by atoms with E-state index in [-0.39, 0.29) is 0 Å². The smallest absolute Gasteiger partial charge is 0.164 e. The molecule has 3 heterocycles. The van der Waals surface area contributed by atoms with Crippen LogP contribution in [0.2, 0.25) is 0 Å². The molecule has 3 nitrogen and oxygen atoms in total. The van der Waals surface area contributed by atoms with Crippen molar-refractivity contribution in [3.05, 3.63) is 173 Å². The molecule has 1 aliphatic carbocycles. The summed E-state index contributed by atoms with van der Waals surface area (Å²) >= 11 is 3.66. The normalized spacial score (nSPS) is 15.7. The molecule has 0 N–H and O–H groups in total. The first-order chi connectivity index (χ1) is 23.3. The molecule has 2 aromatic heterocycles. The summed E-state index contributed by atoms with van der Waals surface area (Å²) in [7, 11) is 0. The van der Waals surface area contributed by atoms with Gasteiger partial charge in [0.1, 0.15) is 0 Å². The fourth-order valence-corrected chi connectivity index (χ4v) is 9.41. The summed E-state index contributed by atoms with van der Waals surface area (Å²) in [5, 5.41) is 3.49. The largest absolute Gasteiger partial charge is 0.208 e. The lowest BCUT2D eigenvalue weighted by atomic mass is 9.67. The minimum Gasteiger partial charge on any atom is -0.208 e. The van der Waals surface area contributed by atoms with Gasteiger partial charge in [0.2, 0.25) is 0 Å². The first-order valence-electron chi connectivity index (χ1n) is 15.7. The van der Waals surface area contributed by atoms with Crippen molar-refractivity contribution >= 4 is 33.2 Å². The zero-order chi connectivity index (χ0) is 31.0. The Kier molecular flexibility index (Phi) is 5.89. The van der Waals surface area contributed by atoms with Crippen LogP contribution in [0, 0.1) is 0 Å². The van der Waals surface area contributed by atoms with Crippen molar-refractivity contribution in [2.45, 2.75) is 15.2 Å². The third-order valence-electron chi connectivity index (χ3n) is 9.47. The van der Waals surface area contributed by atoms with Gasteiger partial charge in [-0.3, -0.25) is 0 Å². The van der Waals surface area contributed by atoms with Crippen LogP contribution < -0.4 is 0 Å². The van der Waals surface area contributed by atoms with E-state index in [1.54, 1.807) is 0 Å². The molecular weight excluding hydrogens is 611 g/mol. The van der Waals surface area contributed by atoms with E-state index in [1.165, 1.54) is 53.3 Å². The molecule has 1 unspecified atom stereocenters. The maximum Gasteiger partial charge on any atom is 0.164 e. The van der Waals surface area contributed by atoms with Gasteiger partial charge in [-0.05, 0) is 80.5 Å². The second-order valence-corrected chi connectivity index (χ2v) is 14.0. The highest BCUT2D eigenvalue weighted by Gasteiger charge is 2.50. The summed E-state index contributed by atoms with van der Waals surface area (Å²) in [6.07, 6.45) is 0. The fraction of sp³-hybridized carbons (Fsp3) is 0.0238. The minimum absolute atomic E-state index is 0.477. The van der Waals surface area contributed by atoms with Crippen molar-refractivity contribution in [2.75, 3.05) is 0 Å². The van der Waals surface area contributed by atoms with E-state index in [1.807, 2.05) is 59.5 Å². The molecule has 0 fully saturated rings. The van der Waals surface area contributed by atoms with Crippen molar-refractivity contribution < 1.29 is 0 Å². The van der Waals surface area contributed by atoms with E-state index >= 15 is 0 Å². The zero-order valence-corrected chi connectivity index (χ0v) is 26.7. The van der Waals surface area contributed by atoms with Gasteiger partial charge in [-0.2, -0.15) is 0 Å². The van der Waals surface area contributed by atoms with Gasteiger partial charge in [-0.1, -0.05) is 121 Å². The van der Waals surface area contributed by atoms with Crippen LogP contribution >= 0.6 is 23.1 Å². The van der Waals surface area contributed by atoms with E-state index in [0.29, 0.717) is 17.5 Å². The number of hydrogen-bond donors (Lipinski definition) is 0. The summed E-state index contributed by atoms with van der Waals surface area (Å²) in [6, 6.07) is 52.2. The highest BCUT2D eigenvalue weighted by atomic mass is 32.2. The summed E-state index contributed by atoms with van der Waals surface area (Å²) in [5.74, 6) is 2.00. The third-order valence-corrected chi connectivity index (χ3v) is 11.5. The van der Waals surface area contributed by atoms with Crippen molar-refractivity contribution in [3.8, 4) is 45.3 Å². The lowest BCUT2D eigenvalue weighted by Gasteiger charge is -2.39. The molecule has 0 bridgehead atoms. The zero-order valence-electron chi connectivity index (χ0n) is 25.1. The lowest BCUT2D eigenvalue weighted by Crippen LogP contribution is -2.32. The maximum absolute atomic E-state index is 5.10. The Bertz CT molecular complexity index is 2450. The molecule has 10 rings (SSSR count). The van der Waals surface area contributed by atoms with E-state index in [2.05, 4.69) is 115 Å². The van der Waals surface area contributed by atoms with Gasteiger partial charge in [-0.15, -0.1) is 11.3 Å². The van der Waals surface area contributed by atoms with Crippen LogP contribution in [-0.4, -0.2) is 15.0 Å². The molecule has 0 saturated heterocycles. The number of nitrogens with zero attached hydrogens (tertiary/aromatic N) is 3. The molecule has 47 heavy (non-hydrogen) atoms. The van der Waals surface area contributed by atoms with Crippen LogP contribution in [0.3, 0.4) is 0 Å². The molecule has 1 spiro atoms. The molecular formula is C42H25N3S2. The molecule has 5 heteroatoms. The second-order valence-electron chi connectivity index (χ2n) is 12.0. The molecule has 8 aromatic rings. The molecule has 220 valence electrons. The molecule has 0 amide bonds. The molecule has 2 aliphatic rings. The highest BCUT2D eigenvalue weighted by Crippen LogP contribution is 2.63. The number of thiophene rings is 1. The van der Waals surface area contributed by atoms with Crippen LogP contribution in [0.25, 0.3) is 55.4 Å². The Morgan fingerprint density at radius 3 is 1.79 bits per heavy atom. The topological polar surface area (TPSA) is 38.7 Å². The van der Waals surface area contributed by atoms with Gasteiger partial charge in [0, 0.05) is 31.2 Å². The van der Waals surface area contributed by atoms with E-state index in [9.17, 15) is 0 Å². The quantitative estimate of drug-likeness (QED) is 0.194. The van der Waals surface area contributed by atoms with Crippen molar-refractivity contribution in [1.29, 1.82) is 0 Å². The van der Waals surface area contributed by atoms with Gasteiger partial charge >= 0.3 is 0 Å². The highest BCUT2D eigenvalue weighted by molar-refractivity contribution is 7.99. The summed E-state index contributed by atoms with van der Waals surface area (Å²) in [6.45, 7) is 0. The number of benzene rings is 6. The van der Waals surface area contributed by atoms with Crippen LogP contribution in [0.4, 0.5) is 0 Å². The standard InChI is InChI=1S/C42H25N3S2/c1-3-11-26(12-4-1)39-43-40(27-13-5-2-6-14-27)45-41(44-39)29-19-20-37-35(24-29)42(33-17-9-10-18-36(33)47-37)32-16-8-7-15-30(32)31-23-28-21-22-46-38(28)25-34(31)42/h1-25H. The number of fused-ring (bicyclic) bond motifs is 10. The van der Waals surface area contributed by atoms with Crippen LogP contribution in [0.15, 0.2) is 161 Å². The second kappa shape index (κ2) is 10.3. The fourth-order valence-electron chi connectivity index (χ4n) is 7.43. The Hall–Kier alpha value is -5.36. The Morgan fingerprint density at radius 2 is 1.04 bits per heavy atom. The summed E-state index contributed by atoms with van der Waals surface area (Å²) in [4.78, 5) is 17.7. The lowest BCUT2D eigenvalue weighted by molar-refractivity contribution is 0.723. The summed E-state index contributed by atoms with van der Waals surface area (Å²) < 4.78 is 1.31. The minimum atomic E-state index is -0.477. The number of aromatic nitrogens is 3. The predicted molar refractivity (Wildman–Crippen MR) is 193 cm³/mol. The average molecular weight is 636 g/mol. The first-order valence-corrected chi connectivity index (χ1v) is 17.4. The van der Waals surface area contributed by atoms with Crippen molar-refractivity contribution in [2.24, 2.45) is 0 Å². The molecule has 1 aliphatic heterocycles.